The third kappa shape index (κ3) is 7.31. The normalized spacial score (nSPS) is 12.7. The van der Waals surface area contributed by atoms with Gasteiger partial charge >= 0.3 is 5.97 Å². The molecular weight excluding hydrogens is 206 g/mol. The van der Waals surface area contributed by atoms with E-state index in [-0.39, 0.29) is 6.42 Å². The molecule has 1 atom stereocenters. The zero-order chi connectivity index (χ0) is 11.8. The standard InChI is InChI=1S/C6H13N5O4/c1-10(8-9-11(14)15)4-2-3-5(7)6(12)13/h5H,2-4,7H2,1H3,(H,12,13)/t5-/m0/s1. The van der Waals surface area contributed by atoms with Crippen LogP contribution in [0.15, 0.2) is 10.4 Å². The maximum atomic E-state index is 10.3. The Balaban J connectivity index is 3.68. The van der Waals surface area contributed by atoms with Gasteiger partial charge in [0.25, 0.3) is 0 Å². The highest BCUT2D eigenvalue weighted by atomic mass is 16.7. The maximum Gasteiger partial charge on any atom is 0.320 e. The molecule has 0 saturated carbocycles. The maximum absolute atomic E-state index is 10.3. The second-order valence-corrected chi connectivity index (χ2v) is 2.88. The van der Waals surface area contributed by atoms with E-state index in [0.29, 0.717) is 13.0 Å². The number of carbonyl (C=O) groups is 1. The van der Waals surface area contributed by atoms with Crippen LogP contribution >= 0.6 is 0 Å². The number of aliphatic carboxylic acids is 1. The Morgan fingerprint density at radius 2 is 2.33 bits per heavy atom. The van der Waals surface area contributed by atoms with Crippen molar-refractivity contribution in [2.24, 2.45) is 16.2 Å². The molecule has 0 aliphatic carbocycles. The summed E-state index contributed by atoms with van der Waals surface area (Å²) in [6.07, 6.45) is 0.758. The van der Waals surface area contributed by atoms with Crippen LogP contribution in [0, 0.1) is 10.1 Å². The minimum Gasteiger partial charge on any atom is -0.480 e. The third-order valence-corrected chi connectivity index (χ3v) is 1.58. The van der Waals surface area contributed by atoms with Crippen LogP contribution in [0.25, 0.3) is 0 Å². The van der Waals surface area contributed by atoms with Gasteiger partial charge in [-0.3, -0.25) is 4.79 Å². The van der Waals surface area contributed by atoms with E-state index in [1.54, 1.807) is 0 Å². The summed E-state index contributed by atoms with van der Waals surface area (Å²) in [5, 5.41) is 24.5. The molecule has 15 heavy (non-hydrogen) atoms. The highest BCUT2D eigenvalue weighted by Crippen LogP contribution is 1.97. The first-order valence-electron chi connectivity index (χ1n) is 4.19. The smallest absolute Gasteiger partial charge is 0.320 e. The van der Waals surface area contributed by atoms with Crippen molar-refractivity contribution in [2.75, 3.05) is 13.6 Å². The van der Waals surface area contributed by atoms with Crippen LogP contribution in [0.3, 0.4) is 0 Å². The van der Waals surface area contributed by atoms with Crippen LogP contribution in [0.1, 0.15) is 12.8 Å². The van der Waals surface area contributed by atoms with Crippen LogP contribution in [-0.2, 0) is 4.79 Å². The van der Waals surface area contributed by atoms with Crippen molar-refractivity contribution in [3.8, 4) is 0 Å². The number of hydrogen-bond donors (Lipinski definition) is 2. The minimum atomic E-state index is -1.07. The highest BCUT2D eigenvalue weighted by Gasteiger charge is 2.11. The van der Waals surface area contributed by atoms with Crippen molar-refractivity contribution in [2.45, 2.75) is 18.9 Å². The lowest BCUT2D eigenvalue weighted by atomic mass is 10.2. The molecule has 0 radical (unpaired) electrons. The Morgan fingerprint density at radius 1 is 1.73 bits per heavy atom. The Bertz CT molecular complexity index is 256. The van der Waals surface area contributed by atoms with E-state index in [2.05, 4.69) is 10.4 Å². The van der Waals surface area contributed by atoms with Crippen molar-refractivity contribution >= 4 is 5.97 Å². The summed E-state index contributed by atoms with van der Waals surface area (Å²) in [6, 6.07) is -0.911. The predicted octanol–water partition coefficient (Wildman–Crippen LogP) is -0.331. The number of carboxylic acid groups (broad SMARTS) is 1. The molecule has 0 aromatic rings. The van der Waals surface area contributed by atoms with E-state index < -0.39 is 17.0 Å². The van der Waals surface area contributed by atoms with Crippen molar-refractivity contribution in [1.29, 1.82) is 0 Å². The lowest BCUT2D eigenvalue weighted by Crippen LogP contribution is -2.30. The average molecular weight is 219 g/mol. The molecule has 0 rings (SSSR count). The van der Waals surface area contributed by atoms with Gasteiger partial charge in [0.2, 0.25) is 5.22 Å². The monoisotopic (exact) mass is 219 g/mol. The molecule has 0 aromatic carbocycles. The number of nitro groups is 1. The van der Waals surface area contributed by atoms with Gasteiger partial charge in [0.05, 0.1) is 11.6 Å². The summed E-state index contributed by atoms with van der Waals surface area (Å²) >= 11 is 0. The molecule has 0 fully saturated rings. The van der Waals surface area contributed by atoms with Crippen LogP contribution < -0.4 is 5.73 Å². The Morgan fingerprint density at radius 3 is 2.80 bits per heavy atom. The molecule has 0 aliphatic rings. The molecule has 0 bridgehead atoms. The summed E-state index contributed by atoms with van der Waals surface area (Å²) in [7, 11) is 1.50. The number of hydrogen-bond acceptors (Lipinski definition) is 5. The van der Waals surface area contributed by atoms with Gasteiger partial charge in [-0.25, -0.2) is 0 Å². The van der Waals surface area contributed by atoms with Gasteiger partial charge in [-0.2, -0.15) is 5.01 Å². The summed E-state index contributed by atoms with van der Waals surface area (Å²) in [5.41, 5.74) is 5.24. The summed E-state index contributed by atoms with van der Waals surface area (Å²) < 4.78 is 0. The second kappa shape index (κ2) is 6.65. The van der Waals surface area contributed by atoms with Gasteiger partial charge in [-0.05, 0) is 12.8 Å². The second-order valence-electron chi connectivity index (χ2n) is 2.88. The first-order valence-corrected chi connectivity index (χ1v) is 4.19. The molecule has 9 nitrogen and oxygen atoms in total. The van der Waals surface area contributed by atoms with Crippen molar-refractivity contribution < 1.29 is 14.9 Å². The Hall–Kier alpha value is -1.77. The van der Waals surface area contributed by atoms with E-state index in [4.69, 9.17) is 10.8 Å². The number of carboxylic acids is 1. The summed E-state index contributed by atoms with van der Waals surface area (Å²) in [6.45, 7) is 0.359. The molecule has 9 heteroatoms. The van der Waals surface area contributed by atoms with Crippen LogP contribution in [0.5, 0.6) is 0 Å². The zero-order valence-corrected chi connectivity index (χ0v) is 8.24. The fraction of sp³-hybridized carbons (Fsp3) is 0.833. The molecule has 3 N–H and O–H groups in total. The minimum absolute atomic E-state index is 0.285. The first kappa shape index (κ1) is 13.2. The zero-order valence-electron chi connectivity index (χ0n) is 8.24. The molecule has 0 amide bonds. The van der Waals surface area contributed by atoms with Gasteiger partial charge in [0.15, 0.2) is 5.22 Å². The van der Waals surface area contributed by atoms with Crippen molar-refractivity contribution in [3.63, 3.8) is 0 Å². The Kier molecular flexibility index (Phi) is 5.86. The summed E-state index contributed by atoms with van der Waals surface area (Å²) in [4.78, 5) is 20.1. The van der Waals surface area contributed by atoms with Crippen molar-refractivity contribution in [1.82, 2.24) is 5.01 Å². The quantitative estimate of drug-likeness (QED) is 0.342. The SMILES string of the molecule is CN(CCC[C@H](N)C(=O)O)N=N[N+](=O)[O-]. The number of rotatable bonds is 7. The lowest BCUT2D eigenvalue weighted by molar-refractivity contribution is -0.496. The molecule has 0 saturated heterocycles. The highest BCUT2D eigenvalue weighted by molar-refractivity contribution is 5.72. The molecular formula is C6H13N5O4. The van der Waals surface area contributed by atoms with Gasteiger partial charge < -0.3 is 21.0 Å². The van der Waals surface area contributed by atoms with E-state index in [1.165, 1.54) is 12.1 Å². The third-order valence-electron chi connectivity index (χ3n) is 1.58. The topological polar surface area (TPSA) is 134 Å². The first-order chi connectivity index (χ1) is 6.93. The molecule has 0 spiro atoms. The van der Waals surface area contributed by atoms with Crippen LogP contribution in [-0.4, -0.2) is 40.8 Å². The van der Waals surface area contributed by atoms with Crippen LogP contribution in [0.4, 0.5) is 0 Å². The lowest BCUT2D eigenvalue weighted by Gasteiger charge is -2.07. The molecule has 0 aliphatic heterocycles. The van der Waals surface area contributed by atoms with Crippen LogP contribution in [0.2, 0.25) is 0 Å². The summed E-state index contributed by atoms with van der Waals surface area (Å²) in [5.74, 6) is -1.07. The van der Waals surface area contributed by atoms with E-state index in [1.807, 2.05) is 0 Å². The fourth-order valence-electron chi connectivity index (χ4n) is 0.809. The number of nitrogens with two attached hydrogens (primary N) is 1. The molecule has 0 aromatic heterocycles. The average Bonchev–Trinajstić information content (AvgIpc) is 2.14. The van der Waals surface area contributed by atoms with Gasteiger partial charge in [-0.15, -0.1) is 0 Å². The van der Waals surface area contributed by atoms with Gasteiger partial charge in [-0.1, -0.05) is 0 Å². The Labute approximate surface area is 85.7 Å². The molecule has 86 valence electrons. The fourth-order valence-corrected chi connectivity index (χ4v) is 0.809. The van der Waals surface area contributed by atoms with E-state index in [9.17, 15) is 14.9 Å². The number of nitrogens with zero attached hydrogens (tertiary/aromatic N) is 4. The molecule has 0 heterocycles. The van der Waals surface area contributed by atoms with E-state index >= 15 is 0 Å². The predicted molar refractivity (Wildman–Crippen MR) is 49.3 cm³/mol. The largest absolute Gasteiger partial charge is 0.480 e. The van der Waals surface area contributed by atoms with Gasteiger partial charge in [0, 0.05) is 7.05 Å². The molecule has 0 unspecified atom stereocenters. The van der Waals surface area contributed by atoms with Gasteiger partial charge in [0.1, 0.15) is 6.04 Å². The van der Waals surface area contributed by atoms with Crippen molar-refractivity contribution in [3.05, 3.63) is 10.1 Å². The van der Waals surface area contributed by atoms with E-state index in [0.717, 1.165) is 0 Å².